The second-order valence-corrected chi connectivity index (χ2v) is 3.48. The van der Waals surface area contributed by atoms with Crippen LogP contribution in [0.15, 0.2) is 23.4 Å². The van der Waals surface area contributed by atoms with Crippen LogP contribution in [0.1, 0.15) is 12.5 Å². The SMILES string of the molecule is [C-]#[N+]/N=C(\C)N(C)Cc1ccc(Cl)nc1. The molecule has 0 aliphatic rings. The average molecular weight is 223 g/mol. The fraction of sp³-hybridized carbons (Fsp3) is 0.300. The molecule has 0 saturated heterocycles. The Labute approximate surface area is 94.0 Å². The Morgan fingerprint density at radius 2 is 2.40 bits per heavy atom. The van der Waals surface area contributed by atoms with Crippen molar-refractivity contribution in [3.05, 3.63) is 40.6 Å². The van der Waals surface area contributed by atoms with E-state index in [9.17, 15) is 0 Å². The summed E-state index contributed by atoms with van der Waals surface area (Å²) in [4.78, 5) is 8.83. The molecule has 0 spiro atoms. The second kappa shape index (κ2) is 5.32. The van der Waals surface area contributed by atoms with Gasteiger partial charge in [0.1, 0.15) is 10.3 Å². The van der Waals surface area contributed by atoms with Gasteiger partial charge in [-0.25, -0.2) is 4.98 Å². The molecule has 0 fully saturated rings. The first-order valence-corrected chi connectivity index (χ1v) is 4.74. The number of rotatable bonds is 2. The number of hydrogen-bond donors (Lipinski definition) is 0. The van der Waals surface area contributed by atoms with Gasteiger partial charge < -0.3 is 4.90 Å². The highest BCUT2D eigenvalue weighted by Crippen LogP contribution is 2.07. The summed E-state index contributed by atoms with van der Waals surface area (Å²) < 4.78 is 0. The molecule has 5 heteroatoms. The summed E-state index contributed by atoms with van der Waals surface area (Å²) in [5.41, 5.74) is 1.03. The van der Waals surface area contributed by atoms with Crippen LogP contribution >= 0.6 is 11.6 Å². The van der Waals surface area contributed by atoms with E-state index in [2.05, 4.69) is 15.0 Å². The molecule has 0 bridgehead atoms. The number of halogens is 1. The monoisotopic (exact) mass is 222 g/mol. The maximum Gasteiger partial charge on any atom is 0.185 e. The third-order valence-corrected chi connectivity index (χ3v) is 2.18. The van der Waals surface area contributed by atoms with Crippen molar-refractivity contribution in [1.29, 1.82) is 0 Å². The summed E-state index contributed by atoms with van der Waals surface area (Å²) in [6, 6.07) is 3.64. The summed E-state index contributed by atoms with van der Waals surface area (Å²) >= 11 is 5.67. The van der Waals surface area contributed by atoms with Crippen LogP contribution in [0.2, 0.25) is 5.15 Å². The molecule has 4 nitrogen and oxygen atoms in total. The molecule has 0 saturated carbocycles. The zero-order valence-electron chi connectivity index (χ0n) is 8.61. The Bertz CT molecular complexity index is 391. The van der Waals surface area contributed by atoms with Crippen molar-refractivity contribution >= 4 is 17.4 Å². The Morgan fingerprint density at radius 3 is 2.93 bits per heavy atom. The summed E-state index contributed by atoms with van der Waals surface area (Å²) in [5.74, 6) is 0.681. The molecule has 0 unspecified atom stereocenters. The number of nitrogens with zero attached hydrogens (tertiary/aromatic N) is 4. The molecule has 0 radical (unpaired) electrons. The number of hydrogen-bond acceptors (Lipinski definition) is 2. The van der Waals surface area contributed by atoms with Crippen molar-refractivity contribution in [1.82, 2.24) is 9.88 Å². The van der Waals surface area contributed by atoms with Gasteiger partial charge in [-0.3, -0.25) is 0 Å². The predicted molar refractivity (Wildman–Crippen MR) is 60.4 cm³/mol. The maximum atomic E-state index is 6.62. The van der Waals surface area contributed by atoms with E-state index in [1.807, 2.05) is 18.0 Å². The summed E-state index contributed by atoms with van der Waals surface area (Å²) in [6.07, 6.45) is 1.71. The molecule has 0 aliphatic carbocycles. The third-order valence-electron chi connectivity index (χ3n) is 1.96. The van der Waals surface area contributed by atoms with Crippen molar-refractivity contribution in [3.63, 3.8) is 0 Å². The summed E-state index contributed by atoms with van der Waals surface area (Å²) in [6.45, 7) is 9.07. The highest BCUT2D eigenvalue weighted by molar-refractivity contribution is 6.29. The lowest BCUT2D eigenvalue weighted by Gasteiger charge is -2.15. The molecule has 1 heterocycles. The fourth-order valence-electron chi connectivity index (χ4n) is 1.04. The van der Waals surface area contributed by atoms with E-state index < -0.39 is 0 Å². The molecule has 0 N–H and O–H groups in total. The first-order chi connectivity index (χ1) is 7.13. The van der Waals surface area contributed by atoms with E-state index in [4.69, 9.17) is 18.2 Å². The zero-order valence-corrected chi connectivity index (χ0v) is 9.36. The van der Waals surface area contributed by atoms with Gasteiger partial charge >= 0.3 is 0 Å². The first kappa shape index (κ1) is 11.5. The number of aromatic nitrogens is 1. The van der Waals surface area contributed by atoms with Gasteiger partial charge in [0.15, 0.2) is 5.84 Å². The maximum absolute atomic E-state index is 6.62. The Kier molecular flexibility index (Phi) is 4.07. The van der Waals surface area contributed by atoms with Gasteiger partial charge in [0.25, 0.3) is 0 Å². The Hall–Kier alpha value is -1.60. The molecule has 15 heavy (non-hydrogen) atoms. The van der Waals surface area contributed by atoms with E-state index in [1.54, 1.807) is 19.2 Å². The van der Waals surface area contributed by atoms with E-state index in [0.717, 1.165) is 5.56 Å². The molecule has 78 valence electrons. The van der Waals surface area contributed by atoms with E-state index in [0.29, 0.717) is 17.5 Å². The van der Waals surface area contributed by atoms with Crippen LogP contribution < -0.4 is 0 Å². The van der Waals surface area contributed by atoms with Gasteiger partial charge in [-0.1, -0.05) is 17.7 Å². The lowest BCUT2D eigenvalue weighted by atomic mass is 10.3. The lowest BCUT2D eigenvalue weighted by molar-refractivity contribution is 0.496. The molecule has 1 rings (SSSR count). The van der Waals surface area contributed by atoms with Crippen LogP contribution in [-0.4, -0.2) is 22.8 Å². The number of pyridine rings is 1. The lowest BCUT2D eigenvalue weighted by Crippen LogP contribution is -2.23. The largest absolute Gasteiger partial charge is 0.353 e. The highest BCUT2D eigenvalue weighted by Gasteiger charge is 2.04. The normalized spacial score (nSPS) is 10.9. The van der Waals surface area contributed by atoms with E-state index in [1.165, 1.54) is 0 Å². The molecule has 0 aromatic carbocycles. The van der Waals surface area contributed by atoms with Crippen LogP contribution in [0, 0.1) is 6.57 Å². The van der Waals surface area contributed by atoms with Gasteiger partial charge in [-0.15, -0.1) is 4.95 Å². The summed E-state index contributed by atoms with van der Waals surface area (Å²) in [5, 5.41) is 4.11. The van der Waals surface area contributed by atoms with Gasteiger partial charge in [-0.2, -0.15) is 6.57 Å². The van der Waals surface area contributed by atoms with Gasteiger partial charge in [0, 0.05) is 26.7 Å². The van der Waals surface area contributed by atoms with Crippen LogP contribution in [0.4, 0.5) is 0 Å². The van der Waals surface area contributed by atoms with Crippen LogP contribution in [0.3, 0.4) is 0 Å². The minimum Gasteiger partial charge on any atom is -0.353 e. The number of amidine groups is 1. The molecule has 0 amide bonds. The Morgan fingerprint density at radius 1 is 1.67 bits per heavy atom. The molecule has 1 aromatic heterocycles. The molecular weight excluding hydrogens is 212 g/mol. The van der Waals surface area contributed by atoms with Gasteiger partial charge in [0.05, 0.1) is 0 Å². The minimum atomic E-state index is 0.480. The van der Waals surface area contributed by atoms with Gasteiger partial charge in [0.2, 0.25) is 0 Å². The van der Waals surface area contributed by atoms with Crippen LogP contribution in [0.25, 0.3) is 4.95 Å². The average Bonchev–Trinajstić information content (AvgIpc) is 2.22. The molecule has 0 aliphatic heterocycles. The zero-order chi connectivity index (χ0) is 11.3. The first-order valence-electron chi connectivity index (χ1n) is 4.36. The standard InChI is InChI=1S/C10H11ClN4/c1-8(14-12-2)15(3)7-9-4-5-10(11)13-6-9/h4-6H,7H2,1,3H3/b14-8+. The third kappa shape index (κ3) is 3.56. The van der Waals surface area contributed by atoms with Gasteiger partial charge in [-0.05, 0) is 11.6 Å². The van der Waals surface area contributed by atoms with E-state index in [-0.39, 0.29) is 0 Å². The molecular formula is C10H11ClN4. The van der Waals surface area contributed by atoms with Crippen molar-refractivity contribution in [2.45, 2.75) is 13.5 Å². The Balaban J connectivity index is 2.67. The molecule has 0 atom stereocenters. The summed E-state index contributed by atoms with van der Waals surface area (Å²) in [7, 11) is 1.87. The van der Waals surface area contributed by atoms with Crippen LogP contribution in [0.5, 0.6) is 0 Å². The van der Waals surface area contributed by atoms with Crippen molar-refractivity contribution in [2.75, 3.05) is 7.05 Å². The predicted octanol–water partition coefficient (Wildman–Crippen LogP) is 2.42. The van der Waals surface area contributed by atoms with Crippen molar-refractivity contribution in [2.24, 2.45) is 5.10 Å². The topological polar surface area (TPSA) is 32.9 Å². The van der Waals surface area contributed by atoms with Crippen molar-refractivity contribution in [3.8, 4) is 0 Å². The minimum absolute atomic E-state index is 0.480. The van der Waals surface area contributed by atoms with Crippen LogP contribution in [-0.2, 0) is 6.54 Å². The molecule has 1 aromatic rings. The fourth-order valence-corrected chi connectivity index (χ4v) is 1.15. The van der Waals surface area contributed by atoms with Crippen molar-refractivity contribution < 1.29 is 0 Å². The quantitative estimate of drug-likeness (QED) is 0.253. The van der Waals surface area contributed by atoms with E-state index >= 15 is 0 Å². The smallest absolute Gasteiger partial charge is 0.185 e. The second-order valence-electron chi connectivity index (χ2n) is 3.09. The highest BCUT2D eigenvalue weighted by atomic mass is 35.5.